The third kappa shape index (κ3) is 4.40. The lowest BCUT2D eigenvalue weighted by atomic mass is 10.1. The van der Waals surface area contributed by atoms with E-state index in [-0.39, 0.29) is 6.03 Å². The Morgan fingerprint density at radius 1 is 1.07 bits per heavy atom. The number of nitrogens with one attached hydrogen (secondary N) is 1. The second kappa shape index (κ2) is 8.90. The van der Waals surface area contributed by atoms with Crippen LogP contribution in [-0.2, 0) is 26.6 Å². The number of aryl methyl sites for hydroxylation is 1. The van der Waals surface area contributed by atoms with Crippen molar-refractivity contribution in [2.24, 2.45) is 7.05 Å². The summed E-state index contributed by atoms with van der Waals surface area (Å²) in [5.74, 6) is 1.59. The zero-order valence-electron chi connectivity index (χ0n) is 17.3. The van der Waals surface area contributed by atoms with Crippen LogP contribution in [0, 0.1) is 0 Å². The first-order valence-electron chi connectivity index (χ1n) is 10.1. The fraction of sp³-hybridized carbons (Fsp3) is 0.304. The summed E-state index contributed by atoms with van der Waals surface area (Å²) in [6, 6.07) is 17.0. The average Bonchev–Trinajstić information content (AvgIpc) is 3.09. The highest BCUT2D eigenvalue weighted by Gasteiger charge is 2.27. The van der Waals surface area contributed by atoms with Gasteiger partial charge in [-0.1, -0.05) is 18.2 Å². The maximum atomic E-state index is 12.8. The van der Waals surface area contributed by atoms with Crippen LogP contribution in [0.2, 0.25) is 0 Å². The van der Waals surface area contributed by atoms with Crippen molar-refractivity contribution in [3.8, 4) is 11.5 Å². The van der Waals surface area contributed by atoms with Gasteiger partial charge in [-0.05, 0) is 43.3 Å². The van der Waals surface area contributed by atoms with E-state index in [1.807, 2.05) is 78.2 Å². The number of urea groups is 1. The topological polar surface area (TPSA) is 68.6 Å². The smallest absolute Gasteiger partial charge is 0.322 e. The normalized spacial score (nSPS) is 12.9. The number of nitrogens with zero attached hydrogens (tertiary/aromatic N) is 3. The summed E-state index contributed by atoms with van der Waals surface area (Å²) in [7, 11) is 1.94. The summed E-state index contributed by atoms with van der Waals surface area (Å²) >= 11 is 0. The molecule has 4 rings (SSSR count). The number of para-hydroxylation sites is 1. The number of fused-ring (bicyclic) bond motifs is 1. The summed E-state index contributed by atoms with van der Waals surface area (Å²) in [5, 5.41) is 7.60. The molecular formula is C23H26N4O3. The second-order valence-corrected chi connectivity index (χ2v) is 7.16. The molecule has 2 aromatic carbocycles. The van der Waals surface area contributed by atoms with Crippen molar-refractivity contribution in [1.82, 2.24) is 14.7 Å². The van der Waals surface area contributed by atoms with Gasteiger partial charge in [0.15, 0.2) is 0 Å². The van der Waals surface area contributed by atoms with E-state index in [0.717, 1.165) is 40.6 Å². The minimum Gasteiger partial charge on any atom is -0.494 e. The van der Waals surface area contributed by atoms with Gasteiger partial charge in [0.25, 0.3) is 0 Å². The van der Waals surface area contributed by atoms with E-state index in [1.54, 1.807) is 0 Å². The number of carbonyl (C=O) groups excluding carboxylic acids is 1. The maximum absolute atomic E-state index is 12.8. The summed E-state index contributed by atoms with van der Waals surface area (Å²) in [5.41, 5.74) is 3.84. The highest BCUT2D eigenvalue weighted by molar-refractivity contribution is 5.89. The zero-order chi connectivity index (χ0) is 20.9. The molecule has 3 aromatic rings. The Morgan fingerprint density at radius 2 is 1.80 bits per heavy atom. The number of rotatable bonds is 6. The molecule has 0 bridgehead atoms. The highest BCUT2D eigenvalue weighted by Crippen LogP contribution is 2.24. The van der Waals surface area contributed by atoms with E-state index in [0.29, 0.717) is 26.3 Å². The Balaban J connectivity index is 1.42. The van der Waals surface area contributed by atoms with E-state index >= 15 is 0 Å². The monoisotopic (exact) mass is 406 g/mol. The number of amides is 2. The molecule has 0 unspecified atom stereocenters. The van der Waals surface area contributed by atoms with Gasteiger partial charge in [-0.2, -0.15) is 5.10 Å². The highest BCUT2D eigenvalue weighted by atomic mass is 16.5. The molecule has 30 heavy (non-hydrogen) atoms. The van der Waals surface area contributed by atoms with E-state index < -0.39 is 0 Å². The van der Waals surface area contributed by atoms with Gasteiger partial charge in [-0.15, -0.1) is 0 Å². The molecule has 0 saturated carbocycles. The van der Waals surface area contributed by atoms with Gasteiger partial charge in [0, 0.05) is 37.0 Å². The number of ether oxygens (including phenoxy) is 2. The van der Waals surface area contributed by atoms with Crippen LogP contribution in [0.25, 0.3) is 0 Å². The molecule has 2 amide bonds. The first-order valence-corrected chi connectivity index (χ1v) is 10.1. The number of anilines is 1. The van der Waals surface area contributed by atoms with Crippen molar-refractivity contribution in [3.63, 3.8) is 0 Å². The van der Waals surface area contributed by atoms with Gasteiger partial charge in [-0.3, -0.25) is 4.68 Å². The molecule has 0 atom stereocenters. The number of aromatic nitrogens is 2. The summed E-state index contributed by atoms with van der Waals surface area (Å²) in [6.45, 7) is 4.09. The van der Waals surface area contributed by atoms with Gasteiger partial charge < -0.3 is 19.7 Å². The van der Waals surface area contributed by atoms with E-state index in [2.05, 4.69) is 10.4 Å². The molecular weight excluding hydrogens is 380 g/mol. The number of carbonyl (C=O) groups is 1. The van der Waals surface area contributed by atoms with Crippen LogP contribution < -0.4 is 14.8 Å². The quantitative estimate of drug-likeness (QED) is 0.672. The molecule has 2 heterocycles. The fourth-order valence-electron chi connectivity index (χ4n) is 3.63. The average molecular weight is 406 g/mol. The number of hydrogen-bond acceptors (Lipinski definition) is 4. The first-order chi connectivity index (χ1) is 14.6. The minimum atomic E-state index is -0.122. The van der Waals surface area contributed by atoms with Gasteiger partial charge in [0.05, 0.1) is 13.2 Å². The van der Waals surface area contributed by atoms with Crippen LogP contribution in [-0.4, -0.2) is 33.9 Å². The largest absolute Gasteiger partial charge is 0.494 e. The molecule has 1 aliphatic rings. The molecule has 0 spiro atoms. The summed E-state index contributed by atoms with van der Waals surface area (Å²) in [6.07, 6.45) is 0.765. The predicted octanol–water partition coefficient (Wildman–Crippen LogP) is 3.99. The van der Waals surface area contributed by atoms with Crippen molar-refractivity contribution < 1.29 is 14.3 Å². The van der Waals surface area contributed by atoms with Crippen LogP contribution in [0.3, 0.4) is 0 Å². The van der Waals surface area contributed by atoms with Gasteiger partial charge in [0.1, 0.15) is 23.8 Å². The van der Waals surface area contributed by atoms with Crippen LogP contribution in [0.5, 0.6) is 11.5 Å². The van der Waals surface area contributed by atoms with Crippen LogP contribution in [0.4, 0.5) is 10.5 Å². The van der Waals surface area contributed by atoms with Gasteiger partial charge in [0.2, 0.25) is 0 Å². The van der Waals surface area contributed by atoms with Crippen LogP contribution in [0.15, 0.2) is 54.6 Å². The van der Waals surface area contributed by atoms with Crippen molar-refractivity contribution in [2.75, 3.05) is 18.5 Å². The van der Waals surface area contributed by atoms with Gasteiger partial charge in [-0.25, -0.2) is 4.79 Å². The molecule has 0 fully saturated rings. The molecule has 1 N–H and O–H groups in total. The minimum absolute atomic E-state index is 0.122. The molecule has 0 saturated heterocycles. The van der Waals surface area contributed by atoms with Crippen LogP contribution >= 0.6 is 0 Å². The molecule has 7 heteroatoms. The van der Waals surface area contributed by atoms with Crippen molar-refractivity contribution >= 4 is 11.7 Å². The Hall–Kier alpha value is -3.48. The first kappa shape index (κ1) is 19.8. The van der Waals surface area contributed by atoms with E-state index in [1.165, 1.54) is 0 Å². The Kier molecular flexibility index (Phi) is 5.88. The summed E-state index contributed by atoms with van der Waals surface area (Å²) < 4.78 is 13.2. The van der Waals surface area contributed by atoms with Gasteiger partial charge >= 0.3 is 6.03 Å². The Labute approximate surface area is 176 Å². The lowest BCUT2D eigenvalue weighted by Crippen LogP contribution is -2.39. The van der Waals surface area contributed by atoms with Crippen LogP contribution in [0.1, 0.15) is 23.9 Å². The second-order valence-electron chi connectivity index (χ2n) is 7.16. The maximum Gasteiger partial charge on any atom is 0.322 e. The number of hydrogen-bond donors (Lipinski definition) is 1. The molecule has 0 aliphatic carbocycles. The lowest BCUT2D eigenvalue weighted by molar-refractivity contribution is 0.205. The predicted molar refractivity (Wildman–Crippen MR) is 115 cm³/mol. The Morgan fingerprint density at radius 3 is 2.53 bits per heavy atom. The van der Waals surface area contributed by atoms with E-state index in [4.69, 9.17) is 9.47 Å². The molecule has 1 aromatic heterocycles. The number of benzene rings is 2. The molecule has 1 aliphatic heterocycles. The molecule has 156 valence electrons. The van der Waals surface area contributed by atoms with Crippen molar-refractivity contribution in [1.29, 1.82) is 0 Å². The van der Waals surface area contributed by atoms with E-state index in [9.17, 15) is 4.79 Å². The SMILES string of the molecule is CCOc1ccc(NC(=O)N2CCc3c(c(COc4ccccc4)nn3C)C2)cc1. The van der Waals surface area contributed by atoms with Crippen molar-refractivity contribution in [2.45, 2.75) is 26.5 Å². The Bertz CT molecular complexity index is 999. The summed E-state index contributed by atoms with van der Waals surface area (Å²) in [4.78, 5) is 14.6. The zero-order valence-corrected chi connectivity index (χ0v) is 17.3. The third-order valence-corrected chi connectivity index (χ3v) is 5.15. The third-order valence-electron chi connectivity index (χ3n) is 5.15. The molecule has 7 nitrogen and oxygen atoms in total. The molecule has 0 radical (unpaired) electrons. The fourth-order valence-corrected chi connectivity index (χ4v) is 3.63. The lowest BCUT2D eigenvalue weighted by Gasteiger charge is -2.28. The standard InChI is InChI=1S/C23H26N4O3/c1-3-29-19-11-9-17(10-12-19)24-23(28)27-14-13-22-20(15-27)21(25-26(22)2)16-30-18-7-5-4-6-8-18/h4-12H,3,13-16H2,1-2H3,(H,24,28). The van der Waals surface area contributed by atoms with Crippen molar-refractivity contribution in [3.05, 3.63) is 71.5 Å².